The second kappa shape index (κ2) is 6.14. The number of fused-ring (bicyclic) bond motifs is 2. The van der Waals surface area contributed by atoms with Gasteiger partial charge in [-0.2, -0.15) is 0 Å². The minimum Gasteiger partial charge on any atom is -0.305 e. The van der Waals surface area contributed by atoms with E-state index in [0.717, 1.165) is 36.3 Å². The Morgan fingerprint density at radius 2 is 1.84 bits per heavy atom. The van der Waals surface area contributed by atoms with E-state index < -0.39 is 0 Å². The number of carbonyl (C=O) groups is 1. The number of hydrogen-bond donors (Lipinski definition) is 0. The van der Waals surface area contributed by atoms with Gasteiger partial charge in [0.15, 0.2) is 0 Å². The zero-order valence-corrected chi connectivity index (χ0v) is 15.2. The summed E-state index contributed by atoms with van der Waals surface area (Å²) in [6.07, 6.45) is 2.93. The molecule has 0 radical (unpaired) electrons. The van der Waals surface area contributed by atoms with Gasteiger partial charge in [-0.15, -0.1) is 0 Å². The fourth-order valence-corrected chi connectivity index (χ4v) is 3.90. The SMILES string of the molecule is Cc1cc2c(cc1C)N(Cc1ccccc1C)C(=O)[C@H]1CCCC1=N2. The summed E-state index contributed by atoms with van der Waals surface area (Å²) in [5, 5.41) is 0. The van der Waals surface area contributed by atoms with Crippen molar-refractivity contribution in [2.24, 2.45) is 10.9 Å². The smallest absolute Gasteiger partial charge is 0.236 e. The van der Waals surface area contributed by atoms with Crippen molar-refractivity contribution in [3.8, 4) is 0 Å². The standard InChI is InChI=1S/C22H24N2O/c1-14-7-4-5-8-17(14)13-24-21-12-16(3)15(2)11-20(21)23-19-10-6-9-18(19)22(24)25/h4-5,7-8,11-12,18H,6,9-10,13H2,1-3H3/t18-/m0/s1. The third kappa shape index (κ3) is 2.78. The lowest BCUT2D eigenvalue weighted by atomic mass is 10.0. The van der Waals surface area contributed by atoms with Gasteiger partial charge in [0, 0.05) is 5.71 Å². The first-order valence-electron chi connectivity index (χ1n) is 9.09. The largest absolute Gasteiger partial charge is 0.305 e. The molecular weight excluding hydrogens is 308 g/mol. The molecule has 1 fully saturated rings. The maximum Gasteiger partial charge on any atom is 0.236 e. The van der Waals surface area contributed by atoms with E-state index in [1.54, 1.807) is 0 Å². The Bertz CT molecular complexity index is 882. The average molecular weight is 332 g/mol. The monoisotopic (exact) mass is 332 g/mol. The van der Waals surface area contributed by atoms with Gasteiger partial charge in [0.05, 0.1) is 23.8 Å². The van der Waals surface area contributed by atoms with Crippen molar-refractivity contribution >= 4 is 23.0 Å². The summed E-state index contributed by atoms with van der Waals surface area (Å²) >= 11 is 0. The second-order valence-electron chi connectivity index (χ2n) is 7.32. The Morgan fingerprint density at radius 3 is 2.64 bits per heavy atom. The quantitative estimate of drug-likeness (QED) is 0.759. The molecule has 1 aliphatic carbocycles. The summed E-state index contributed by atoms with van der Waals surface area (Å²) in [7, 11) is 0. The van der Waals surface area contributed by atoms with Gasteiger partial charge in [-0.25, -0.2) is 0 Å². The predicted molar refractivity (Wildman–Crippen MR) is 103 cm³/mol. The molecule has 0 unspecified atom stereocenters. The average Bonchev–Trinajstić information content (AvgIpc) is 3.01. The highest BCUT2D eigenvalue weighted by molar-refractivity contribution is 6.15. The van der Waals surface area contributed by atoms with E-state index in [4.69, 9.17) is 4.99 Å². The fraction of sp³-hybridized carbons (Fsp3) is 0.364. The van der Waals surface area contributed by atoms with Crippen LogP contribution in [0.15, 0.2) is 41.4 Å². The number of nitrogens with zero attached hydrogens (tertiary/aromatic N) is 2. The molecule has 1 heterocycles. The molecule has 1 aliphatic heterocycles. The fourth-order valence-electron chi connectivity index (χ4n) is 3.90. The highest BCUT2D eigenvalue weighted by Crippen LogP contribution is 2.40. The summed E-state index contributed by atoms with van der Waals surface area (Å²) in [4.78, 5) is 20.2. The van der Waals surface area contributed by atoms with Crippen molar-refractivity contribution in [2.45, 2.75) is 46.6 Å². The lowest BCUT2D eigenvalue weighted by molar-refractivity contribution is -0.120. The molecule has 3 nitrogen and oxygen atoms in total. The van der Waals surface area contributed by atoms with Crippen molar-refractivity contribution in [3.63, 3.8) is 0 Å². The summed E-state index contributed by atoms with van der Waals surface area (Å²) < 4.78 is 0. The molecule has 25 heavy (non-hydrogen) atoms. The number of aliphatic imine (C=N–C) groups is 1. The minimum absolute atomic E-state index is 0.0444. The van der Waals surface area contributed by atoms with Gasteiger partial charge in [0.2, 0.25) is 5.91 Å². The van der Waals surface area contributed by atoms with Crippen LogP contribution in [0.3, 0.4) is 0 Å². The van der Waals surface area contributed by atoms with E-state index in [0.29, 0.717) is 6.54 Å². The van der Waals surface area contributed by atoms with Gasteiger partial charge in [-0.05, 0) is 74.4 Å². The maximum atomic E-state index is 13.3. The Balaban J connectivity index is 1.85. The zero-order chi connectivity index (χ0) is 17.6. The van der Waals surface area contributed by atoms with Crippen LogP contribution >= 0.6 is 0 Å². The molecule has 2 aliphatic rings. The first-order valence-corrected chi connectivity index (χ1v) is 9.09. The third-order valence-electron chi connectivity index (χ3n) is 5.63. The molecule has 0 saturated heterocycles. The Kier molecular flexibility index (Phi) is 3.95. The second-order valence-corrected chi connectivity index (χ2v) is 7.32. The van der Waals surface area contributed by atoms with Crippen molar-refractivity contribution in [2.75, 3.05) is 4.90 Å². The first kappa shape index (κ1) is 16.1. The Hall–Kier alpha value is -2.42. The van der Waals surface area contributed by atoms with E-state index in [1.165, 1.54) is 22.3 Å². The van der Waals surface area contributed by atoms with Gasteiger partial charge >= 0.3 is 0 Å². The molecule has 4 rings (SSSR count). The first-order chi connectivity index (χ1) is 12.0. The minimum atomic E-state index is -0.0444. The van der Waals surface area contributed by atoms with Crippen molar-refractivity contribution < 1.29 is 4.79 Å². The van der Waals surface area contributed by atoms with Crippen molar-refractivity contribution in [3.05, 3.63) is 58.7 Å². The van der Waals surface area contributed by atoms with E-state index in [1.807, 2.05) is 17.0 Å². The van der Waals surface area contributed by atoms with Crippen LogP contribution in [-0.4, -0.2) is 11.6 Å². The van der Waals surface area contributed by atoms with Gasteiger partial charge in [-0.1, -0.05) is 24.3 Å². The molecule has 0 spiro atoms. The number of carbonyl (C=O) groups excluding carboxylic acids is 1. The molecular formula is C22H24N2O. The van der Waals surface area contributed by atoms with Gasteiger partial charge in [0.25, 0.3) is 0 Å². The number of rotatable bonds is 2. The number of aryl methyl sites for hydroxylation is 3. The molecule has 128 valence electrons. The van der Waals surface area contributed by atoms with Crippen molar-refractivity contribution in [1.82, 2.24) is 0 Å². The van der Waals surface area contributed by atoms with Crippen LogP contribution in [0.4, 0.5) is 11.4 Å². The summed E-state index contributed by atoms with van der Waals surface area (Å²) in [6, 6.07) is 12.6. The van der Waals surface area contributed by atoms with Crippen LogP contribution in [0.25, 0.3) is 0 Å². The Labute approximate surface area is 149 Å². The maximum absolute atomic E-state index is 13.3. The topological polar surface area (TPSA) is 32.7 Å². The number of anilines is 1. The molecule has 3 heteroatoms. The van der Waals surface area contributed by atoms with E-state index >= 15 is 0 Å². The lowest BCUT2D eigenvalue weighted by Crippen LogP contribution is -2.36. The molecule has 0 N–H and O–H groups in total. The molecule has 0 aromatic heterocycles. The van der Waals surface area contributed by atoms with E-state index in [-0.39, 0.29) is 11.8 Å². The van der Waals surface area contributed by atoms with Gasteiger partial charge < -0.3 is 4.90 Å². The number of benzene rings is 2. The molecule has 1 amide bonds. The number of amides is 1. The van der Waals surface area contributed by atoms with Gasteiger partial charge in [-0.3, -0.25) is 9.79 Å². The van der Waals surface area contributed by atoms with Crippen LogP contribution in [0.2, 0.25) is 0 Å². The highest BCUT2D eigenvalue weighted by Gasteiger charge is 2.36. The normalized spacial score (nSPS) is 19.3. The van der Waals surface area contributed by atoms with Crippen LogP contribution in [-0.2, 0) is 11.3 Å². The Morgan fingerprint density at radius 1 is 1.08 bits per heavy atom. The molecule has 2 aromatic carbocycles. The van der Waals surface area contributed by atoms with E-state index in [9.17, 15) is 4.79 Å². The predicted octanol–water partition coefficient (Wildman–Crippen LogP) is 5.03. The molecule has 1 atom stereocenters. The van der Waals surface area contributed by atoms with Crippen LogP contribution < -0.4 is 4.90 Å². The summed E-state index contributed by atoms with van der Waals surface area (Å²) in [6.45, 7) is 6.93. The summed E-state index contributed by atoms with van der Waals surface area (Å²) in [5.41, 5.74) is 7.82. The van der Waals surface area contributed by atoms with Crippen LogP contribution in [0, 0.1) is 26.7 Å². The molecule has 0 bridgehead atoms. The highest BCUT2D eigenvalue weighted by atomic mass is 16.2. The van der Waals surface area contributed by atoms with Crippen molar-refractivity contribution in [1.29, 1.82) is 0 Å². The lowest BCUT2D eigenvalue weighted by Gasteiger charge is -2.26. The van der Waals surface area contributed by atoms with E-state index in [2.05, 4.69) is 45.0 Å². The molecule has 1 saturated carbocycles. The van der Waals surface area contributed by atoms with Crippen LogP contribution in [0.5, 0.6) is 0 Å². The third-order valence-corrected chi connectivity index (χ3v) is 5.63. The number of hydrogen-bond acceptors (Lipinski definition) is 2. The molecule has 2 aromatic rings. The zero-order valence-electron chi connectivity index (χ0n) is 15.2. The van der Waals surface area contributed by atoms with Crippen LogP contribution in [0.1, 0.15) is 41.5 Å². The summed E-state index contributed by atoms with van der Waals surface area (Å²) in [5.74, 6) is 0.165. The van der Waals surface area contributed by atoms with Gasteiger partial charge in [0.1, 0.15) is 0 Å².